The van der Waals surface area contributed by atoms with E-state index in [0.717, 1.165) is 30.8 Å². The van der Waals surface area contributed by atoms with Crippen LogP contribution in [-0.4, -0.2) is 25.7 Å². The van der Waals surface area contributed by atoms with Gasteiger partial charge in [-0.3, -0.25) is 4.79 Å². The molecule has 0 bridgehead atoms. The SMILES string of the molecule is O=C(CC1CCNC1)c1ccc2c(c1)OCO2. The molecule has 4 heteroatoms. The molecule has 4 nitrogen and oxygen atoms in total. The first-order valence-corrected chi connectivity index (χ1v) is 5.96. The Bertz CT molecular complexity index is 438. The highest BCUT2D eigenvalue weighted by Gasteiger charge is 2.21. The number of carbonyl (C=O) groups is 1. The van der Waals surface area contributed by atoms with Gasteiger partial charge in [-0.05, 0) is 43.6 Å². The molecule has 0 aromatic heterocycles. The Morgan fingerprint density at radius 3 is 3.06 bits per heavy atom. The zero-order chi connectivity index (χ0) is 11.7. The van der Waals surface area contributed by atoms with Crippen molar-refractivity contribution in [3.8, 4) is 11.5 Å². The van der Waals surface area contributed by atoms with Crippen molar-refractivity contribution in [1.82, 2.24) is 5.32 Å². The lowest BCUT2D eigenvalue weighted by molar-refractivity contribution is 0.0964. The Kier molecular flexibility index (Phi) is 2.73. The smallest absolute Gasteiger partial charge is 0.231 e. The summed E-state index contributed by atoms with van der Waals surface area (Å²) in [6.07, 6.45) is 1.71. The summed E-state index contributed by atoms with van der Waals surface area (Å²) in [4.78, 5) is 12.1. The van der Waals surface area contributed by atoms with E-state index in [-0.39, 0.29) is 12.6 Å². The normalized spacial score (nSPS) is 21.8. The predicted octanol–water partition coefficient (Wildman–Crippen LogP) is 1.60. The Morgan fingerprint density at radius 1 is 1.35 bits per heavy atom. The summed E-state index contributed by atoms with van der Waals surface area (Å²) < 4.78 is 10.5. The first kappa shape index (κ1) is 10.6. The van der Waals surface area contributed by atoms with Crippen LogP contribution in [0.3, 0.4) is 0 Å². The van der Waals surface area contributed by atoms with Gasteiger partial charge in [0.05, 0.1) is 0 Å². The van der Waals surface area contributed by atoms with E-state index in [1.165, 1.54) is 0 Å². The Hall–Kier alpha value is -1.55. The van der Waals surface area contributed by atoms with Crippen LogP contribution in [0, 0.1) is 5.92 Å². The number of ketones is 1. The lowest BCUT2D eigenvalue weighted by Crippen LogP contribution is -2.12. The summed E-state index contributed by atoms with van der Waals surface area (Å²) in [7, 11) is 0. The number of hydrogen-bond acceptors (Lipinski definition) is 4. The van der Waals surface area contributed by atoms with Gasteiger partial charge >= 0.3 is 0 Å². The number of ether oxygens (including phenoxy) is 2. The molecule has 90 valence electrons. The van der Waals surface area contributed by atoms with Gasteiger partial charge in [0, 0.05) is 12.0 Å². The van der Waals surface area contributed by atoms with Crippen LogP contribution >= 0.6 is 0 Å². The summed E-state index contributed by atoms with van der Waals surface area (Å²) in [6.45, 7) is 2.23. The molecule has 3 rings (SSSR count). The first-order valence-electron chi connectivity index (χ1n) is 5.96. The predicted molar refractivity (Wildman–Crippen MR) is 62.5 cm³/mol. The summed E-state index contributed by atoms with van der Waals surface area (Å²) in [5.74, 6) is 2.08. The van der Waals surface area contributed by atoms with Gasteiger partial charge in [0.2, 0.25) is 6.79 Å². The van der Waals surface area contributed by atoms with Crippen LogP contribution in [0.2, 0.25) is 0 Å². The van der Waals surface area contributed by atoms with E-state index in [2.05, 4.69) is 5.32 Å². The molecule has 0 amide bonds. The van der Waals surface area contributed by atoms with E-state index < -0.39 is 0 Å². The summed E-state index contributed by atoms with van der Waals surface area (Å²) in [5, 5.41) is 3.27. The highest BCUT2D eigenvalue weighted by molar-refractivity contribution is 5.96. The lowest BCUT2D eigenvalue weighted by atomic mass is 9.97. The van der Waals surface area contributed by atoms with Crippen LogP contribution in [0.15, 0.2) is 18.2 Å². The molecule has 17 heavy (non-hydrogen) atoms. The van der Waals surface area contributed by atoms with Crippen molar-refractivity contribution in [2.45, 2.75) is 12.8 Å². The lowest BCUT2D eigenvalue weighted by Gasteiger charge is -2.07. The van der Waals surface area contributed by atoms with E-state index in [9.17, 15) is 4.79 Å². The second-order valence-corrected chi connectivity index (χ2v) is 4.55. The molecule has 2 aliphatic rings. The zero-order valence-electron chi connectivity index (χ0n) is 9.57. The molecule has 2 aliphatic heterocycles. The number of fused-ring (bicyclic) bond motifs is 1. The minimum Gasteiger partial charge on any atom is -0.454 e. The molecule has 0 aliphatic carbocycles. The van der Waals surface area contributed by atoms with Crippen LogP contribution in [0.1, 0.15) is 23.2 Å². The van der Waals surface area contributed by atoms with Gasteiger partial charge in [0.15, 0.2) is 17.3 Å². The second-order valence-electron chi connectivity index (χ2n) is 4.55. The van der Waals surface area contributed by atoms with Crippen molar-refractivity contribution < 1.29 is 14.3 Å². The van der Waals surface area contributed by atoms with Crippen LogP contribution in [0.25, 0.3) is 0 Å². The number of hydrogen-bond donors (Lipinski definition) is 1. The van der Waals surface area contributed by atoms with Crippen LogP contribution in [-0.2, 0) is 0 Å². The van der Waals surface area contributed by atoms with Crippen molar-refractivity contribution in [1.29, 1.82) is 0 Å². The molecule has 1 aromatic rings. The Balaban J connectivity index is 1.72. The number of benzene rings is 1. The van der Waals surface area contributed by atoms with Crippen LogP contribution in [0.4, 0.5) is 0 Å². The van der Waals surface area contributed by atoms with E-state index in [0.29, 0.717) is 18.1 Å². The molecule has 1 aromatic carbocycles. The number of Topliss-reactive ketones (excluding diaryl/α,β-unsaturated/α-hetero) is 1. The number of nitrogens with one attached hydrogen (secondary N) is 1. The monoisotopic (exact) mass is 233 g/mol. The van der Waals surface area contributed by atoms with Crippen molar-refractivity contribution in [3.05, 3.63) is 23.8 Å². The molecule has 1 N–H and O–H groups in total. The molecular weight excluding hydrogens is 218 g/mol. The van der Waals surface area contributed by atoms with E-state index in [1.54, 1.807) is 6.07 Å². The maximum atomic E-state index is 12.1. The third-order valence-corrected chi connectivity index (χ3v) is 3.33. The average Bonchev–Trinajstić information content (AvgIpc) is 2.97. The molecule has 1 fully saturated rings. The summed E-state index contributed by atoms with van der Waals surface area (Å²) in [6, 6.07) is 5.41. The minimum absolute atomic E-state index is 0.192. The molecule has 0 radical (unpaired) electrons. The van der Waals surface area contributed by atoms with Crippen molar-refractivity contribution in [2.75, 3.05) is 19.9 Å². The summed E-state index contributed by atoms with van der Waals surface area (Å²) >= 11 is 0. The van der Waals surface area contributed by atoms with Gasteiger partial charge in [0.1, 0.15) is 0 Å². The summed E-state index contributed by atoms with van der Waals surface area (Å²) in [5.41, 5.74) is 0.723. The topological polar surface area (TPSA) is 47.6 Å². The minimum atomic E-state index is 0.192. The second kappa shape index (κ2) is 4.37. The Labute approximate surface area is 99.9 Å². The number of rotatable bonds is 3. The number of carbonyl (C=O) groups excluding carboxylic acids is 1. The fourth-order valence-electron chi connectivity index (χ4n) is 2.34. The standard InChI is InChI=1S/C13H15NO3/c15-11(5-9-3-4-14-7-9)10-1-2-12-13(6-10)17-8-16-12/h1-2,6,9,14H,3-5,7-8H2. The third-order valence-electron chi connectivity index (χ3n) is 3.33. The maximum absolute atomic E-state index is 12.1. The van der Waals surface area contributed by atoms with Gasteiger partial charge in [-0.1, -0.05) is 0 Å². The average molecular weight is 233 g/mol. The highest BCUT2D eigenvalue weighted by Crippen LogP contribution is 2.33. The highest BCUT2D eigenvalue weighted by atomic mass is 16.7. The molecule has 2 heterocycles. The van der Waals surface area contributed by atoms with Crippen molar-refractivity contribution in [2.24, 2.45) is 5.92 Å². The molecular formula is C13H15NO3. The quantitative estimate of drug-likeness (QED) is 0.805. The first-order chi connectivity index (χ1) is 8.33. The Morgan fingerprint density at radius 2 is 2.24 bits per heavy atom. The fraction of sp³-hybridized carbons (Fsp3) is 0.462. The van der Waals surface area contributed by atoms with E-state index in [1.807, 2.05) is 12.1 Å². The third kappa shape index (κ3) is 2.13. The van der Waals surface area contributed by atoms with Crippen molar-refractivity contribution >= 4 is 5.78 Å². The fourth-order valence-corrected chi connectivity index (χ4v) is 2.34. The largest absolute Gasteiger partial charge is 0.454 e. The van der Waals surface area contributed by atoms with E-state index in [4.69, 9.17) is 9.47 Å². The van der Waals surface area contributed by atoms with Crippen LogP contribution in [0.5, 0.6) is 11.5 Å². The van der Waals surface area contributed by atoms with E-state index >= 15 is 0 Å². The molecule has 1 saturated heterocycles. The molecule has 0 saturated carbocycles. The zero-order valence-corrected chi connectivity index (χ0v) is 9.57. The van der Waals surface area contributed by atoms with Gasteiger partial charge in [0.25, 0.3) is 0 Å². The molecule has 1 atom stereocenters. The van der Waals surface area contributed by atoms with Gasteiger partial charge < -0.3 is 14.8 Å². The maximum Gasteiger partial charge on any atom is 0.231 e. The van der Waals surface area contributed by atoms with Gasteiger partial charge in [-0.15, -0.1) is 0 Å². The molecule has 1 unspecified atom stereocenters. The van der Waals surface area contributed by atoms with Crippen LogP contribution < -0.4 is 14.8 Å². The van der Waals surface area contributed by atoms with Gasteiger partial charge in [-0.2, -0.15) is 0 Å². The van der Waals surface area contributed by atoms with Crippen molar-refractivity contribution in [3.63, 3.8) is 0 Å². The van der Waals surface area contributed by atoms with Gasteiger partial charge in [-0.25, -0.2) is 0 Å². The molecule has 0 spiro atoms.